The summed E-state index contributed by atoms with van der Waals surface area (Å²) in [6.45, 7) is 8.58. The predicted molar refractivity (Wildman–Crippen MR) is 85.1 cm³/mol. The van der Waals surface area contributed by atoms with Gasteiger partial charge >= 0.3 is 0 Å². The Morgan fingerprint density at radius 2 is 1.95 bits per heavy atom. The zero-order valence-electron chi connectivity index (χ0n) is 13.2. The van der Waals surface area contributed by atoms with Crippen LogP contribution in [-0.2, 0) is 22.6 Å². The van der Waals surface area contributed by atoms with Gasteiger partial charge in [0.2, 0.25) is 11.8 Å². The molecule has 1 aliphatic rings. The van der Waals surface area contributed by atoms with E-state index in [1.54, 1.807) is 23.2 Å². The van der Waals surface area contributed by atoms with Gasteiger partial charge in [-0.05, 0) is 37.8 Å². The highest BCUT2D eigenvalue weighted by molar-refractivity contribution is 7.11. The van der Waals surface area contributed by atoms with Crippen molar-refractivity contribution in [2.45, 2.75) is 59.2 Å². The van der Waals surface area contributed by atoms with E-state index in [0.717, 1.165) is 11.3 Å². The summed E-state index contributed by atoms with van der Waals surface area (Å²) >= 11 is 1.72. The summed E-state index contributed by atoms with van der Waals surface area (Å²) in [5.74, 6) is 0.373. The molecule has 1 N–H and O–H groups in total. The number of carbonyl (C=O) groups excluding carboxylic acids is 2. The summed E-state index contributed by atoms with van der Waals surface area (Å²) in [6, 6.07) is 3.39. The van der Waals surface area contributed by atoms with Gasteiger partial charge in [-0.25, -0.2) is 0 Å². The Morgan fingerprint density at radius 1 is 1.29 bits per heavy atom. The van der Waals surface area contributed by atoms with Gasteiger partial charge in [-0.1, -0.05) is 20.8 Å². The molecule has 2 rings (SSSR count). The highest BCUT2D eigenvalue weighted by Gasteiger charge is 2.38. The number of piperazine rings is 1. The molecule has 2 amide bonds. The number of hydrogen-bond donors (Lipinski definition) is 1. The molecule has 21 heavy (non-hydrogen) atoms. The first-order valence-corrected chi connectivity index (χ1v) is 8.42. The van der Waals surface area contributed by atoms with Crippen LogP contribution in [0.15, 0.2) is 12.1 Å². The first-order valence-electron chi connectivity index (χ1n) is 7.60. The van der Waals surface area contributed by atoms with Crippen molar-refractivity contribution in [2.75, 3.05) is 0 Å². The standard InChI is InChI=1S/C16H24N2O2S/c1-5-12-6-7-13(21-12)9-18-11(4)15(19)17-14(16(18)20)8-10(2)3/h6-7,10-11,14H,5,8-9H2,1-4H3,(H,17,19). The maximum Gasteiger partial charge on any atom is 0.246 e. The molecular formula is C16H24N2O2S. The van der Waals surface area contributed by atoms with E-state index in [1.165, 1.54) is 4.88 Å². The van der Waals surface area contributed by atoms with Crippen LogP contribution in [-0.4, -0.2) is 28.8 Å². The summed E-state index contributed by atoms with van der Waals surface area (Å²) in [6.07, 6.45) is 1.70. The van der Waals surface area contributed by atoms with Crippen LogP contribution in [0.2, 0.25) is 0 Å². The van der Waals surface area contributed by atoms with Crippen LogP contribution in [0, 0.1) is 5.92 Å². The molecule has 1 aromatic heterocycles. The van der Waals surface area contributed by atoms with Crippen LogP contribution in [0.25, 0.3) is 0 Å². The van der Waals surface area contributed by atoms with Gasteiger partial charge in [-0.3, -0.25) is 9.59 Å². The normalized spacial score (nSPS) is 22.8. The van der Waals surface area contributed by atoms with E-state index in [4.69, 9.17) is 0 Å². The van der Waals surface area contributed by atoms with Gasteiger partial charge in [0.15, 0.2) is 0 Å². The first-order chi connectivity index (χ1) is 9.92. The van der Waals surface area contributed by atoms with Crippen molar-refractivity contribution in [3.8, 4) is 0 Å². The summed E-state index contributed by atoms with van der Waals surface area (Å²) < 4.78 is 0. The average molecular weight is 308 g/mol. The SMILES string of the molecule is CCc1ccc(CN2C(=O)C(CC(C)C)NC(=O)C2C)s1. The topological polar surface area (TPSA) is 49.4 Å². The smallest absolute Gasteiger partial charge is 0.246 e. The molecule has 2 unspecified atom stereocenters. The van der Waals surface area contributed by atoms with E-state index in [0.29, 0.717) is 18.9 Å². The minimum Gasteiger partial charge on any atom is -0.343 e. The molecule has 0 aliphatic carbocycles. The molecule has 0 radical (unpaired) electrons. The molecule has 2 heterocycles. The Hall–Kier alpha value is -1.36. The lowest BCUT2D eigenvalue weighted by Gasteiger charge is -2.37. The van der Waals surface area contributed by atoms with Crippen molar-refractivity contribution in [3.05, 3.63) is 21.9 Å². The monoisotopic (exact) mass is 308 g/mol. The van der Waals surface area contributed by atoms with Gasteiger partial charge in [-0.15, -0.1) is 11.3 Å². The maximum atomic E-state index is 12.6. The minimum atomic E-state index is -0.395. The molecule has 1 aromatic rings. The molecule has 5 heteroatoms. The van der Waals surface area contributed by atoms with Gasteiger partial charge in [0.05, 0.1) is 6.54 Å². The second-order valence-corrected chi connectivity index (χ2v) is 7.31. The van der Waals surface area contributed by atoms with Crippen LogP contribution in [0.3, 0.4) is 0 Å². The van der Waals surface area contributed by atoms with Gasteiger partial charge < -0.3 is 10.2 Å². The molecular weight excluding hydrogens is 284 g/mol. The third-order valence-electron chi connectivity index (χ3n) is 3.84. The largest absolute Gasteiger partial charge is 0.343 e. The van der Waals surface area contributed by atoms with Gasteiger partial charge in [0.25, 0.3) is 0 Å². The summed E-state index contributed by atoms with van der Waals surface area (Å²) in [7, 11) is 0. The van der Waals surface area contributed by atoms with E-state index in [9.17, 15) is 9.59 Å². The second-order valence-electron chi connectivity index (χ2n) is 6.05. The zero-order valence-corrected chi connectivity index (χ0v) is 14.0. The molecule has 0 saturated carbocycles. The molecule has 0 bridgehead atoms. The fourth-order valence-electron chi connectivity index (χ4n) is 2.60. The molecule has 1 saturated heterocycles. The highest BCUT2D eigenvalue weighted by Crippen LogP contribution is 2.23. The quantitative estimate of drug-likeness (QED) is 0.909. The molecule has 4 nitrogen and oxygen atoms in total. The second kappa shape index (κ2) is 6.60. The number of amides is 2. The lowest BCUT2D eigenvalue weighted by Crippen LogP contribution is -2.62. The van der Waals surface area contributed by atoms with Gasteiger partial charge in [-0.2, -0.15) is 0 Å². The molecule has 2 atom stereocenters. The number of aryl methyl sites for hydroxylation is 1. The number of nitrogens with zero attached hydrogens (tertiary/aromatic N) is 1. The Balaban J connectivity index is 2.14. The van der Waals surface area contributed by atoms with E-state index < -0.39 is 6.04 Å². The average Bonchev–Trinajstić information content (AvgIpc) is 2.88. The van der Waals surface area contributed by atoms with E-state index >= 15 is 0 Å². The Labute approximate surface area is 130 Å². The van der Waals surface area contributed by atoms with E-state index in [1.807, 2.05) is 0 Å². The number of nitrogens with one attached hydrogen (secondary N) is 1. The molecule has 1 aliphatic heterocycles. The maximum absolute atomic E-state index is 12.6. The van der Waals surface area contributed by atoms with E-state index in [-0.39, 0.29) is 17.9 Å². The summed E-state index contributed by atoms with van der Waals surface area (Å²) in [4.78, 5) is 28.9. The lowest BCUT2D eigenvalue weighted by molar-refractivity contribution is -0.149. The number of hydrogen-bond acceptors (Lipinski definition) is 3. The number of thiophene rings is 1. The fraction of sp³-hybridized carbons (Fsp3) is 0.625. The van der Waals surface area contributed by atoms with Crippen LogP contribution in [0.5, 0.6) is 0 Å². The Morgan fingerprint density at radius 3 is 2.52 bits per heavy atom. The highest BCUT2D eigenvalue weighted by atomic mass is 32.1. The summed E-state index contributed by atoms with van der Waals surface area (Å²) in [5, 5.41) is 2.85. The molecule has 1 fully saturated rings. The van der Waals surface area contributed by atoms with Crippen LogP contribution in [0.4, 0.5) is 0 Å². The fourth-order valence-corrected chi connectivity index (χ4v) is 3.55. The van der Waals surface area contributed by atoms with Crippen molar-refractivity contribution in [2.24, 2.45) is 5.92 Å². The van der Waals surface area contributed by atoms with Crippen molar-refractivity contribution in [1.82, 2.24) is 10.2 Å². The Kier molecular flexibility index (Phi) is 5.04. The third kappa shape index (κ3) is 3.64. The van der Waals surface area contributed by atoms with Crippen LogP contribution in [0.1, 0.15) is 43.9 Å². The molecule has 0 spiro atoms. The Bertz CT molecular complexity index is 524. The number of carbonyl (C=O) groups is 2. The van der Waals surface area contributed by atoms with Crippen LogP contribution >= 0.6 is 11.3 Å². The van der Waals surface area contributed by atoms with Crippen molar-refractivity contribution < 1.29 is 9.59 Å². The minimum absolute atomic E-state index is 0.0437. The van der Waals surface area contributed by atoms with Crippen molar-refractivity contribution in [1.29, 1.82) is 0 Å². The first kappa shape index (κ1) is 16.0. The number of rotatable bonds is 5. The zero-order chi connectivity index (χ0) is 15.6. The van der Waals surface area contributed by atoms with Gasteiger partial charge in [0.1, 0.15) is 12.1 Å². The van der Waals surface area contributed by atoms with Crippen LogP contribution < -0.4 is 5.32 Å². The third-order valence-corrected chi connectivity index (χ3v) is 5.06. The molecule has 116 valence electrons. The predicted octanol–water partition coefficient (Wildman–Crippen LogP) is 2.57. The summed E-state index contributed by atoms with van der Waals surface area (Å²) in [5.41, 5.74) is 0. The van der Waals surface area contributed by atoms with Crippen molar-refractivity contribution in [3.63, 3.8) is 0 Å². The molecule has 0 aromatic carbocycles. The van der Waals surface area contributed by atoms with E-state index in [2.05, 4.69) is 38.2 Å². The lowest BCUT2D eigenvalue weighted by atomic mass is 9.99. The van der Waals surface area contributed by atoms with Crippen molar-refractivity contribution >= 4 is 23.2 Å². The van der Waals surface area contributed by atoms with Gasteiger partial charge in [0, 0.05) is 9.75 Å².